The Morgan fingerprint density at radius 3 is 2.71 bits per heavy atom. The second-order valence-corrected chi connectivity index (χ2v) is 4.98. The molecule has 1 heterocycles. The number of nitrogens with zero attached hydrogens (tertiary/aromatic N) is 2. The maximum atomic E-state index is 12.4. The number of amides is 1. The standard InChI is InChI=1S/C13H21N3O/c1-4-15(9(2)3)13(17)12-7-10(14)8-16(12)11-5-6-11/h7-9,11H,4-6,14H2,1-3H3. The van der Waals surface area contributed by atoms with E-state index in [1.165, 1.54) is 0 Å². The topological polar surface area (TPSA) is 51.3 Å². The van der Waals surface area contributed by atoms with Crippen molar-refractivity contribution in [1.29, 1.82) is 0 Å². The zero-order chi connectivity index (χ0) is 12.6. The van der Waals surface area contributed by atoms with Gasteiger partial charge in [0, 0.05) is 24.8 Å². The summed E-state index contributed by atoms with van der Waals surface area (Å²) in [7, 11) is 0. The Kier molecular flexibility index (Phi) is 3.13. The fourth-order valence-electron chi connectivity index (χ4n) is 2.22. The minimum atomic E-state index is 0.0890. The molecule has 94 valence electrons. The van der Waals surface area contributed by atoms with E-state index >= 15 is 0 Å². The van der Waals surface area contributed by atoms with Gasteiger partial charge in [0.2, 0.25) is 0 Å². The highest BCUT2D eigenvalue weighted by molar-refractivity contribution is 5.94. The Morgan fingerprint density at radius 2 is 2.24 bits per heavy atom. The number of hydrogen-bond acceptors (Lipinski definition) is 2. The van der Waals surface area contributed by atoms with E-state index in [1.54, 1.807) is 6.07 Å². The van der Waals surface area contributed by atoms with Crippen molar-refractivity contribution < 1.29 is 4.79 Å². The third-order valence-electron chi connectivity index (χ3n) is 3.25. The molecule has 1 aromatic rings. The molecule has 1 aliphatic carbocycles. The lowest BCUT2D eigenvalue weighted by molar-refractivity contribution is 0.0705. The molecule has 4 heteroatoms. The van der Waals surface area contributed by atoms with Crippen molar-refractivity contribution >= 4 is 11.6 Å². The average Bonchev–Trinajstić information content (AvgIpc) is 3.02. The van der Waals surface area contributed by atoms with Gasteiger partial charge >= 0.3 is 0 Å². The molecule has 0 spiro atoms. The van der Waals surface area contributed by atoms with Crippen molar-refractivity contribution in [2.24, 2.45) is 0 Å². The van der Waals surface area contributed by atoms with Gasteiger partial charge < -0.3 is 15.2 Å². The Bertz CT molecular complexity index is 418. The predicted octanol–water partition coefficient (Wildman–Crippen LogP) is 2.28. The molecule has 0 radical (unpaired) electrons. The summed E-state index contributed by atoms with van der Waals surface area (Å²) < 4.78 is 2.04. The predicted molar refractivity (Wildman–Crippen MR) is 69.0 cm³/mol. The molecule has 4 nitrogen and oxygen atoms in total. The van der Waals surface area contributed by atoms with Crippen molar-refractivity contribution in [3.05, 3.63) is 18.0 Å². The van der Waals surface area contributed by atoms with Gasteiger partial charge in [-0.05, 0) is 39.7 Å². The molecule has 1 amide bonds. The van der Waals surface area contributed by atoms with Gasteiger partial charge in [-0.25, -0.2) is 0 Å². The number of rotatable bonds is 4. The Morgan fingerprint density at radius 1 is 1.59 bits per heavy atom. The lowest BCUT2D eigenvalue weighted by Gasteiger charge is -2.25. The first-order chi connectivity index (χ1) is 8.04. The molecule has 1 fully saturated rings. The molecule has 1 saturated carbocycles. The number of nitrogens with two attached hydrogens (primary N) is 1. The fourth-order valence-corrected chi connectivity index (χ4v) is 2.22. The molecule has 0 saturated heterocycles. The van der Waals surface area contributed by atoms with E-state index in [0.717, 1.165) is 25.1 Å². The van der Waals surface area contributed by atoms with E-state index in [-0.39, 0.29) is 11.9 Å². The SMILES string of the molecule is CCN(C(=O)c1cc(N)cn1C1CC1)C(C)C. The molecule has 1 aromatic heterocycles. The van der Waals surface area contributed by atoms with E-state index in [1.807, 2.05) is 36.4 Å². The van der Waals surface area contributed by atoms with Gasteiger partial charge in [0.25, 0.3) is 5.91 Å². The molecule has 1 aliphatic rings. The molecule has 0 bridgehead atoms. The zero-order valence-electron chi connectivity index (χ0n) is 10.8. The van der Waals surface area contributed by atoms with Crippen LogP contribution in [0.3, 0.4) is 0 Å². The first-order valence-corrected chi connectivity index (χ1v) is 6.33. The van der Waals surface area contributed by atoms with Crippen molar-refractivity contribution in [2.45, 2.75) is 45.7 Å². The molecule has 2 rings (SSSR count). The maximum Gasteiger partial charge on any atom is 0.270 e. The van der Waals surface area contributed by atoms with Crippen molar-refractivity contribution in [3.63, 3.8) is 0 Å². The van der Waals surface area contributed by atoms with Crippen LogP contribution in [0.5, 0.6) is 0 Å². The molecule has 2 N–H and O–H groups in total. The fraction of sp³-hybridized carbons (Fsp3) is 0.615. The lowest BCUT2D eigenvalue weighted by Crippen LogP contribution is -2.37. The van der Waals surface area contributed by atoms with Crippen LogP contribution < -0.4 is 5.73 Å². The second-order valence-electron chi connectivity index (χ2n) is 4.98. The summed E-state index contributed by atoms with van der Waals surface area (Å²) in [5, 5.41) is 0. The summed E-state index contributed by atoms with van der Waals surface area (Å²) in [6.45, 7) is 6.81. The zero-order valence-corrected chi connectivity index (χ0v) is 10.8. The number of anilines is 1. The smallest absolute Gasteiger partial charge is 0.270 e. The van der Waals surface area contributed by atoms with Crippen molar-refractivity contribution in [2.75, 3.05) is 12.3 Å². The molecule has 17 heavy (non-hydrogen) atoms. The van der Waals surface area contributed by atoms with Gasteiger partial charge in [-0.3, -0.25) is 4.79 Å². The minimum absolute atomic E-state index is 0.0890. The molecule has 0 aromatic carbocycles. The Labute approximate surface area is 102 Å². The monoisotopic (exact) mass is 235 g/mol. The highest BCUT2D eigenvalue weighted by Gasteiger charge is 2.29. The first kappa shape index (κ1) is 12.0. The number of nitrogen functional groups attached to an aromatic ring is 1. The van der Waals surface area contributed by atoms with E-state index in [4.69, 9.17) is 5.73 Å². The quantitative estimate of drug-likeness (QED) is 0.870. The summed E-state index contributed by atoms with van der Waals surface area (Å²) in [6.07, 6.45) is 4.20. The minimum Gasteiger partial charge on any atom is -0.397 e. The third-order valence-corrected chi connectivity index (χ3v) is 3.25. The van der Waals surface area contributed by atoms with Gasteiger partial charge in [0.15, 0.2) is 0 Å². The Hall–Kier alpha value is -1.45. The van der Waals surface area contributed by atoms with Crippen LogP contribution in [0, 0.1) is 0 Å². The van der Waals surface area contributed by atoms with Crippen molar-refractivity contribution in [1.82, 2.24) is 9.47 Å². The van der Waals surface area contributed by atoms with Gasteiger partial charge in [-0.15, -0.1) is 0 Å². The normalized spacial score (nSPS) is 15.3. The van der Waals surface area contributed by atoms with Gasteiger partial charge in [-0.2, -0.15) is 0 Å². The van der Waals surface area contributed by atoms with Crippen LogP contribution in [0.4, 0.5) is 5.69 Å². The largest absolute Gasteiger partial charge is 0.397 e. The van der Waals surface area contributed by atoms with Crippen LogP contribution >= 0.6 is 0 Å². The lowest BCUT2D eigenvalue weighted by atomic mass is 10.2. The highest BCUT2D eigenvalue weighted by Crippen LogP contribution is 2.37. The second kappa shape index (κ2) is 4.43. The molecule has 0 aliphatic heterocycles. The van der Waals surface area contributed by atoms with Crippen LogP contribution in [0.25, 0.3) is 0 Å². The van der Waals surface area contributed by atoms with Gasteiger partial charge in [0.1, 0.15) is 5.69 Å². The summed E-state index contributed by atoms with van der Waals surface area (Å²) in [5.74, 6) is 0.0890. The molecular weight excluding hydrogens is 214 g/mol. The number of carbonyl (C=O) groups is 1. The average molecular weight is 235 g/mol. The van der Waals surface area contributed by atoms with Crippen LogP contribution in [-0.4, -0.2) is 28.0 Å². The maximum absolute atomic E-state index is 12.4. The van der Waals surface area contributed by atoms with E-state index in [2.05, 4.69) is 0 Å². The van der Waals surface area contributed by atoms with E-state index in [9.17, 15) is 4.79 Å². The van der Waals surface area contributed by atoms with E-state index < -0.39 is 0 Å². The van der Waals surface area contributed by atoms with Gasteiger partial charge in [-0.1, -0.05) is 0 Å². The molecule has 0 atom stereocenters. The van der Waals surface area contributed by atoms with Crippen LogP contribution in [-0.2, 0) is 0 Å². The summed E-state index contributed by atoms with van der Waals surface area (Å²) in [4.78, 5) is 14.3. The van der Waals surface area contributed by atoms with Crippen molar-refractivity contribution in [3.8, 4) is 0 Å². The van der Waals surface area contributed by atoms with Gasteiger partial charge in [0.05, 0.1) is 5.69 Å². The van der Waals surface area contributed by atoms with Crippen LogP contribution in [0.2, 0.25) is 0 Å². The molecular formula is C13H21N3O. The molecule has 0 unspecified atom stereocenters. The Balaban J connectivity index is 2.29. The summed E-state index contributed by atoms with van der Waals surface area (Å²) >= 11 is 0. The number of carbonyl (C=O) groups excluding carboxylic acids is 1. The first-order valence-electron chi connectivity index (χ1n) is 6.33. The van der Waals surface area contributed by atoms with Crippen LogP contribution in [0.1, 0.15) is 50.1 Å². The third kappa shape index (κ3) is 2.30. The van der Waals surface area contributed by atoms with E-state index in [0.29, 0.717) is 11.7 Å². The summed E-state index contributed by atoms with van der Waals surface area (Å²) in [6, 6.07) is 2.50. The number of aromatic nitrogens is 1. The number of hydrogen-bond donors (Lipinski definition) is 1. The summed E-state index contributed by atoms with van der Waals surface area (Å²) in [5.41, 5.74) is 7.23. The van der Waals surface area contributed by atoms with Crippen LogP contribution in [0.15, 0.2) is 12.3 Å². The highest BCUT2D eigenvalue weighted by atomic mass is 16.2.